The second kappa shape index (κ2) is 13.8. The molecule has 0 saturated heterocycles. The molecule has 1 aromatic rings. The Balaban J connectivity index is 1.67. The fourth-order valence-electron chi connectivity index (χ4n) is 4.38. The number of hydrogen-bond acceptors (Lipinski definition) is 4. The van der Waals surface area contributed by atoms with Crippen molar-refractivity contribution in [2.75, 3.05) is 33.8 Å². The first-order valence-electron chi connectivity index (χ1n) is 12.5. The van der Waals surface area contributed by atoms with Gasteiger partial charge in [-0.15, -0.1) is 0 Å². The summed E-state index contributed by atoms with van der Waals surface area (Å²) in [6.45, 7) is 5.27. The molecule has 1 fully saturated rings. The van der Waals surface area contributed by atoms with Crippen molar-refractivity contribution in [1.82, 2.24) is 9.21 Å². The van der Waals surface area contributed by atoms with Gasteiger partial charge in [0.15, 0.2) is 0 Å². The summed E-state index contributed by atoms with van der Waals surface area (Å²) in [5, 5.41) is 0. The van der Waals surface area contributed by atoms with E-state index in [0.29, 0.717) is 12.8 Å². The van der Waals surface area contributed by atoms with Gasteiger partial charge in [-0.25, -0.2) is 8.42 Å². The highest BCUT2D eigenvalue weighted by molar-refractivity contribution is 7.89. The Morgan fingerprint density at radius 3 is 2.09 bits per heavy atom. The SMILES string of the molecule is CCCCN(C)CCCCCCO[C@H]1CC[C@H](N(C)S(=O)(=O)c2ccc(C(F)(F)F)cc2)CC1. The first-order chi connectivity index (χ1) is 16.1. The van der Waals surface area contributed by atoms with Gasteiger partial charge in [0.1, 0.15) is 0 Å². The maximum Gasteiger partial charge on any atom is 0.416 e. The van der Waals surface area contributed by atoms with Crippen molar-refractivity contribution in [2.45, 2.75) is 94.3 Å². The Morgan fingerprint density at radius 1 is 0.912 bits per heavy atom. The second-order valence-electron chi connectivity index (χ2n) is 9.42. The van der Waals surface area contributed by atoms with Crippen molar-refractivity contribution in [2.24, 2.45) is 0 Å². The smallest absolute Gasteiger partial charge is 0.378 e. The van der Waals surface area contributed by atoms with Crippen molar-refractivity contribution < 1.29 is 26.3 Å². The lowest BCUT2D eigenvalue weighted by Gasteiger charge is -2.34. The molecule has 0 N–H and O–H groups in total. The molecule has 0 aromatic heterocycles. The molecule has 0 bridgehead atoms. The molecule has 2 rings (SSSR count). The molecule has 0 unspecified atom stereocenters. The standard InChI is InChI=1S/C25H41F3N2O3S/c1-4-5-18-29(2)19-8-6-7-9-20-33-23-14-12-22(13-15-23)30(3)34(31,32)24-16-10-21(11-17-24)25(26,27)28/h10-11,16-17,22-23H,4-9,12-15,18-20H2,1-3H3/t22-,23-. The first kappa shape index (κ1) is 29.1. The van der Waals surface area contributed by atoms with Gasteiger partial charge in [-0.05, 0) is 89.3 Å². The van der Waals surface area contributed by atoms with Gasteiger partial charge in [0, 0.05) is 19.7 Å². The summed E-state index contributed by atoms with van der Waals surface area (Å²) in [6, 6.07) is 3.53. The molecule has 34 heavy (non-hydrogen) atoms. The molecular weight excluding hydrogens is 465 g/mol. The van der Waals surface area contributed by atoms with Gasteiger partial charge >= 0.3 is 6.18 Å². The molecule has 0 amide bonds. The number of halogens is 3. The largest absolute Gasteiger partial charge is 0.416 e. The zero-order chi connectivity index (χ0) is 25.2. The Hall–Kier alpha value is -1.16. The van der Waals surface area contributed by atoms with Crippen LogP contribution in [0.5, 0.6) is 0 Å². The predicted molar refractivity (Wildman–Crippen MR) is 129 cm³/mol. The average Bonchev–Trinajstić information content (AvgIpc) is 2.81. The third-order valence-corrected chi connectivity index (χ3v) is 8.62. The predicted octanol–water partition coefficient (Wildman–Crippen LogP) is 5.95. The van der Waals surface area contributed by atoms with Crippen LogP contribution < -0.4 is 0 Å². The van der Waals surface area contributed by atoms with Crippen LogP contribution in [0.15, 0.2) is 29.2 Å². The topological polar surface area (TPSA) is 49.9 Å². The molecule has 0 heterocycles. The monoisotopic (exact) mass is 506 g/mol. The number of benzene rings is 1. The van der Waals surface area contributed by atoms with Crippen molar-refractivity contribution >= 4 is 10.0 Å². The van der Waals surface area contributed by atoms with E-state index < -0.39 is 21.8 Å². The number of alkyl halides is 3. The fraction of sp³-hybridized carbons (Fsp3) is 0.760. The Morgan fingerprint density at radius 2 is 1.50 bits per heavy atom. The zero-order valence-electron chi connectivity index (χ0n) is 20.8. The molecule has 0 aliphatic heterocycles. The van der Waals surface area contributed by atoms with Crippen molar-refractivity contribution in [3.05, 3.63) is 29.8 Å². The fourth-order valence-corrected chi connectivity index (χ4v) is 5.80. The minimum absolute atomic E-state index is 0.113. The molecule has 1 saturated carbocycles. The van der Waals surface area contributed by atoms with E-state index in [1.54, 1.807) is 0 Å². The lowest BCUT2D eigenvalue weighted by atomic mass is 9.93. The van der Waals surface area contributed by atoms with Gasteiger partial charge in [-0.3, -0.25) is 0 Å². The van der Waals surface area contributed by atoms with Crippen LogP contribution >= 0.6 is 0 Å². The molecular formula is C25H41F3N2O3S. The van der Waals surface area contributed by atoms with Crippen molar-refractivity contribution in [3.63, 3.8) is 0 Å². The van der Waals surface area contributed by atoms with E-state index in [1.165, 1.54) is 43.6 Å². The average molecular weight is 507 g/mol. The number of unbranched alkanes of at least 4 members (excludes halogenated alkanes) is 4. The summed E-state index contributed by atoms with van der Waals surface area (Å²) in [5.74, 6) is 0. The van der Waals surface area contributed by atoms with Gasteiger partial charge in [0.25, 0.3) is 0 Å². The van der Waals surface area contributed by atoms with Crippen LogP contribution in [0.4, 0.5) is 13.2 Å². The van der Waals surface area contributed by atoms with Crippen molar-refractivity contribution in [3.8, 4) is 0 Å². The van der Waals surface area contributed by atoms with Gasteiger partial charge in [0.05, 0.1) is 16.6 Å². The van der Waals surface area contributed by atoms with Crippen molar-refractivity contribution in [1.29, 1.82) is 0 Å². The van der Waals surface area contributed by atoms with E-state index in [1.807, 2.05) is 0 Å². The van der Waals surface area contributed by atoms with Crippen LogP contribution in [0.3, 0.4) is 0 Å². The minimum Gasteiger partial charge on any atom is -0.378 e. The summed E-state index contributed by atoms with van der Waals surface area (Å²) in [4.78, 5) is 2.28. The third-order valence-electron chi connectivity index (χ3n) is 6.70. The summed E-state index contributed by atoms with van der Waals surface area (Å²) in [7, 11) is -0.144. The number of hydrogen-bond donors (Lipinski definition) is 0. The van der Waals surface area contributed by atoms with E-state index in [0.717, 1.165) is 63.1 Å². The Kier molecular flexibility index (Phi) is 11.8. The molecule has 0 radical (unpaired) electrons. The normalized spacial score (nSPS) is 19.8. The highest BCUT2D eigenvalue weighted by Gasteiger charge is 2.34. The van der Waals surface area contributed by atoms with Crippen LogP contribution in [0.1, 0.15) is 76.7 Å². The molecule has 0 atom stereocenters. The molecule has 1 aliphatic rings. The molecule has 1 aliphatic carbocycles. The highest BCUT2D eigenvalue weighted by atomic mass is 32.2. The molecule has 5 nitrogen and oxygen atoms in total. The van der Waals surface area contributed by atoms with Crippen LogP contribution in [0.2, 0.25) is 0 Å². The van der Waals surface area contributed by atoms with Crippen LogP contribution in [-0.4, -0.2) is 63.6 Å². The lowest BCUT2D eigenvalue weighted by Crippen LogP contribution is -2.40. The van der Waals surface area contributed by atoms with E-state index in [4.69, 9.17) is 4.74 Å². The van der Waals surface area contributed by atoms with Crippen LogP contribution in [-0.2, 0) is 20.9 Å². The summed E-state index contributed by atoms with van der Waals surface area (Å²) in [5.41, 5.74) is -0.855. The molecule has 9 heteroatoms. The molecule has 0 spiro atoms. The number of sulfonamides is 1. The molecule has 1 aromatic carbocycles. The highest BCUT2D eigenvalue weighted by Crippen LogP contribution is 2.32. The maximum absolute atomic E-state index is 12.9. The van der Waals surface area contributed by atoms with Gasteiger partial charge in [-0.2, -0.15) is 17.5 Å². The summed E-state index contributed by atoms with van der Waals surface area (Å²) >= 11 is 0. The van der Waals surface area contributed by atoms with E-state index in [9.17, 15) is 21.6 Å². The third kappa shape index (κ3) is 9.13. The van der Waals surface area contributed by atoms with Crippen LogP contribution in [0.25, 0.3) is 0 Å². The summed E-state index contributed by atoms with van der Waals surface area (Å²) < 4.78 is 71.4. The minimum atomic E-state index is -4.49. The van der Waals surface area contributed by atoms with Crippen LogP contribution in [0, 0.1) is 0 Å². The maximum atomic E-state index is 12.9. The second-order valence-corrected chi connectivity index (χ2v) is 11.4. The van der Waals surface area contributed by atoms with E-state index in [2.05, 4.69) is 18.9 Å². The molecule has 196 valence electrons. The summed E-state index contributed by atoms with van der Waals surface area (Å²) in [6.07, 6.45) is 5.72. The number of nitrogens with zero attached hydrogens (tertiary/aromatic N) is 2. The van der Waals surface area contributed by atoms with Gasteiger partial charge in [0.2, 0.25) is 10.0 Å². The quantitative estimate of drug-likeness (QED) is 0.293. The van der Waals surface area contributed by atoms with E-state index >= 15 is 0 Å². The van der Waals surface area contributed by atoms with E-state index in [-0.39, 0.29) is 17.0 Å². The Labute approximate surface area is 203 Å². The Bertz CT molecular complexity index is 808. The number of rotatable bonds is 14. The lowest BCUT2D eigenvalue weighted by molar-refractivity contribution is -0.137. The zero-order valence-corrected chi connectivity index (χ0v) is 21.6. The van der Waals surface area contributed by atoms with Gasteiger partial charge < -0.3 is 9.64 Å². The van der Waals surface area contributed by atoms with Gasteiger partial charge in [-0.1, -0.05) is 26.2 Å². The first-order valence-corrected chi connectivity index (χ1v) is 13.9. The number of ether oxygens (including phenoxy) is 1.